The van der Waals surface area contributed by atoms with Crippen molar-refractivity contribution in [3.63, 3.8) is 0 Å². The number of hydrogen-bond acceptors (Lipinski definition) is 2. The van der Waals surface area contributed by atoms with E-state index >= 15 is 0 Å². The summed E-state index contributed by atoms with van der Waals surface area (Å²) in [5.74, 6) is -2.18. The number of carbonyl (C=O) groups excluding carboxylic acids is 1. The summed E-state index contributed by atoms with van der Waals surface area (Å²) in [5, 5.41) is 9.05. The normalized spacial score (nSPS) is 12.9. The van der Waals surface area contributed by atoms with Gasteiger partial charge in [0.2, 0.25) is 5.91 Å². The van der Waals surface area contributed by atoms with Crippen LogP contribution in [0.2, 0.25) is 0 Å². The Morgan fingerprint density at radius 2 is 1.84 bits per heavy atom. The number of carboxylic acids is 1. The van der Waals surface area contributed by atoms with E-state index in [2.05, 4.69) is 0 Å². The molecule has 1 amide bonds. The lowest BCUT2D eigenvalue weighted by Crippen LogP contribution is -2.44. The van der Waals surface area contributed by atoms with Gasteiger partial charge in [0.25, 0.3) is 0 Å². The Labute approximate surface area is 111 Å². The molecule has 1 N–H and O–H groups in total. The van der Waals surface area contributed by atoms with E-state index in [-0.39, 0.29) is 0 Å². The molecule has 1 aromatic rings. The molecule has 1 atom stereocenters. The van der Waals surface area contributed by atoms with Gasteiger partial charge >= 0.3 is 5.97 Å². The summed E-state index contributed by atoms with van der Waals surface area (Å²) < 4.78 is 13.7. The van der Waals surface area contributed by atoms with Gasteiger partial charge in [0.1, 0.15) is 11.2 Å². The third kappa shape index (κ3) is 2.92. The van der Waals surface area contributed by atoms with E-state index in [0.29, 0.717) is 5.56 Å². The van der Waals surface area contributed by atoms with Gasteiger partial charge in [0.05, 0.1) is 6.04 Å². The van der Waals surface area contributed by atoms with E-state index in [4.69, 9.17) is 5.11 Å². The fourth-order valence-corrected chi connectivity index (χ4v) is 1.73. The summed E-state index contributed by atoms with van der Waals surface area (Å²) in [7, 11) is 1.48. The first-order valence-corrected chi connectivity index (χ1v) is 5.94. The maximum atomic E-state index is 13.7. The third-order valence-electron chi connectivity index (χ3n) is 3.33. The molecule has 0 aliphatic rings. The maximum Gasteiger partial charge on any atom is 0.318 e. The highest BCUT2D eigenvalue weighted by molar-refractivity contribution is 6.01. The van der Waals surface area contributed by atoms with Crippen molar-refractivity contribution in [2.24, 2.45) is 5.41 Å². The second kappa shape index (κ2) is 5.38. The largest absolute Gasteiger partial charge is 0.480 e. The van der Waals surface area contributed by atoms with E-state index in [1.165, 1.54) is 31.9 Å². The number of halogens is 1. The van der Waals surface area contributed by atoms with Gasteiger partial charge < -0.3 is 10.0 Å². The zero-order chi connectivity index (χ0) is 14.8. The van der Waals surface area contributed by atoms with Gasteiger partial charge in [-0.15, -0.1) is 0 Å². The van der Waals surface area contributed by atoms with Crippen molar-refractivity contribution in [3.05, 3.63) is 35.6 Å². The topological polar surface area (TPSA) is 57.6 Å². The minimum Gasteiger partial charge on any atom is -0.480 e. The van der Waals surface area contributed by atoms with Crippen LogP contribution < -0.4 is 0 Å². The van der Waals surface area contributed by atoms with Crippen molar-refractivity contribution in [2.75, 3.05) is 7.05 Å². The summed E-state index contributed by atoms with van der Waals surface area (Å²) in [6.07, 6.45) is 0. The zero-order valence-electron chi connectivity index (χ0n) is 11.5. The van der Waals surface area contributed by atoms with Crippen LogP contribution in [-0.4, -0.2) is 28.9 Å². The van der Waals surface area contributed by atoms with Crippen LogP contribution in [-0.2, 0) is 9.59 Å². The van der Waals surface area contributed by atoms with Crippen LogP contribution in [0.1, 0.15) is 32.4 Å². The van der Waals surface area contributed by atoms with Gasteiger partial charge in [-0.1, -0.05) is 18.2 Å². The number of amides is 1. The zero-order valence-corrected chi connectivity index (χ0v) is 11.5. The summed E-state index contributed by atoms with van der Waals surface area (Å²) >= 11 is 0. The quantitative estimate of drug-likeness (QED) is 0.852. The lowest BCUT2D eigenvalue weighted by Gasteiger charge is -2.31. The van der Waals surface area contributed by atoms with Crippen molar-refractivity contribution in [1.29, 1.82) is 0 Å². The van der Waals surface area contributed by atoms with Crippen LogP contribution in [0.25, 0.3) is 0 Å². The molecule has 0 radical (unpaired) electrons. The molecule has 0 aliphatic carbocycles. The van der Waals surface area contributed by atoms with Crippen LogP contribution in [0.15, 0.2) is 24.3 Å². The van der Waals surface area contributed by atoms with Crippen LogP contribution in [0.4, 0.5) is 4.39 Å². The van der Waals surface area contributed by atoms with Crippen molar-refractivity contribution in [1.82, 2.24) is 4.90 Å². The van der Waals surface area contributed by atoms with E-state index in [1.807, 2.05) is 0 Å². The molecule has 0 saturated carbocycles. The number of hydrogen-bond donors (Lipinski definition) is 1. The van der Waals surface area contributed by atoms with E-state index in [0.717, 1.165) is 0 Å². The van der Waals surface area contributed by atoms with Gasteiger partial charge in [-0.25, -0.2) is 4.39 Å². The number of carboxylic acid groups (broad SMARTS) is 1. The lowest BCUT2D eigenvalue weighted by atomic mass is 9.91. The Kier molecular flexibility index (Phi) is 4.29. The summed E-state index contributed by atoms with van der Waals surface area (Å²) in [4.78, 5) is 24.5. The second-order valence-electron chi connectivity index (χ2n) is 5.04. The number of nitrogens with zero attached hydrogens (tertiary/aromatic N) is 1. The lowest BCUT2D eigenvalue weighted by molar-refractivity contribution is -0.158. The summed E-state index contributed by atoms with van der Waals surface area (Å²) in [6.45, 7) is 4.33. The SMILES string of the molecule is CC(c1ccccc1F)N(C)C(=O)C(C)(C)C(=O)O. The highest BCUT2D eigenvalue weighted by Gasteiger charge is 2.39. The average molecular weight is 267 g/mol. The van der Waals surface area contributed by atoms with Gasteiger partial charge in [-0.05, 0) is 26.8 Å². The smallest absolute Gasteiger partial charge is 0.318 e. The minimum absolute atomic E-state index is 0.361. The first-order chi connectivity index (χ1) is 8.69. The Morgan fingerprint density at radius 3 is 2.32 bits per heavy atom. The van der Waals surface area contributed by atoms with Gasteiger partial charge in [0.15, 0.2) is 0 Å². The molecule has 4 nitrogen and oxygen atoms in total. The van der Waals surface area contributed by atoms with Crippen LogP contribution in [0.5, 0.6) is 0 Å². The Balaban J connectivity index is 3.01. The molecule has 0 spiro atoms. The molecule has 0 fully saturated rings. The van der Waals surface area contributed by atoms with Crippen molar-refractivity contribution >= 4 is 11.9 Å². The Morgan fingerprint density at radius 1 is 1.32 bits per heavy atom. The fraction of sp³-hybridized carbons (Fsp3) is 0.429. The van der Waals surface area contributed by atoms with Crippen molar-refractivity contribution < 1.29 is 19.1 Å². The van der Waals surface area contributed by atoms with Gasteiger partial charge in [-0.2, -0.15) is 0 Å². The van der Waals surface area contributed by atoms with E-state index < -0.39 is 29.2 Å². The number of aliphatic carboxylic acids is 1. The minimum atomic E-state index is -1.53. The molecule has 1 rings (SSSR count). The molecule has 104 valence electrons. The Bertz CT molecular complexity index is 499. The predicted molar refractivity (Wildman–Crippen MR) is 69.0 cm³/mol. The molecule has 0 bridgehead atoms. The molecule has 1 unspecified atom stereocenters. The standard InChI is InChI=1S/C14H18FNO3/c1-9(10-7-5-6-8-11(10)15)16(4)12(17)14(2,3)13(18)19/h5-9H,1-4H3,(H,18,19). The molecule has 1 aromatic carbocycles. The number of carbonyl (C=O) groups is 2. The average Bonchev–Trinajstić information content (AvgIpc) is 2.36. The van der Waals surface area contributed by atoms with Crippen LogP contribution >= 0.6 is 0 Å². The molecule has 0 aliphatic heterocycles. The summed E-state index contributed by atoms with van der Waals surface area (Å²) in [6, 6.07) is 5.60. The highest BCUT2D eigenvalue weighted by atomic mass is 19.1. The molecular formula is C14H18FNO3. The molecular weight excluding hydrogens is 249 g/mol. The predicted octanol–water partition coefficient (Wildman–Crippen LogP) is 2.46. The van der Waals surface area contributed by atoms with E-state index in [9.17, 15) is 14.0 Å². The van der Waals surface area contributed by atoms with Gasteiger partial charge in [0, 0.05) is 12.6 Å². The summed E-state index contributed by atoms with van der Waals surface area (Å²) in [5.41, 5.74) is -1.17. The van der Waals surface area contributed by atoms with Gasteiger partial charge in [-0.3, -0.25) is 9.59 Å². The highest BCUT2D eigenvalue weighted by Crippen LogP contribution is 2.27. The molecule has 0 heterocycles. The monoisotopic (exact) mass is 267 g/mol. The Hall–Kier alpha value is -1.91. The molecule has 5 heteroatoms. The van der Waals surface area contributed by atoms with Crippen molar-refractivity contribution in [2.45, 2.75) is 26.8 Å². The van der Waals surface area contributed by atoms with Crippen LogP contribution in [0, 0.1) is 11.2 Å². The fourth-order valence-electron chi connectivity index (χ4n) is 1.73. The number of benzene rings is 1. The van der Waals surface area contributed by atoms with Crippen molar-refractivity contribution in [3.8, 4) is 0 Å². The van der Waals surface area contributed by atoms with E-state index in [1.54, 1.807) is 25.1 Å². The first kappa shape index (κ1) is 15.1. The molecule has 0 aromatic heterocycles. The number of rotatable bonds is 4. The first-order valence-electron chi connectivity index (χ1n) is 5.94. The second-order valence-corrected chi connectivity index (χ2v) is 5.04. The molecule has 19 heavy (non-hydrogen) atoms. The van der Waals surface area contributed by atoms with Crippen LogP contribution in [0.3, 0.4) is 0 Å². The third-order valence-corrected chi connectivity index (χ3v) is 3.33. The maximum absolute atomic E-state index is 13.7. The molecule has 0 saturated heterocycles.